The van der Waals surface area contributed by atoms with E-state index in [2.05, 4.69) is 15.3 Å². The Labute approximate surface area is 218 Å². The molecule has 4 rings (SSSR count). The van der Waals surface area contributed by atoms with E-state index in [4.69, 9.17) is 21.8 Å². The second-order valence-electron chi connectivity index (χ2n) is 8.35. The Kier molecular flexibility index (Phi) is 7.14. The number of rotatable bonds is 6. The number of hydrogen-bond donors (Lipinski definition) is 3. The molecule has 12 heteroatoms. The first-order chi connectivity index (χ1) is 17.9. The fourth-order valence-corrected chi connectivity index (χ4v) is 4.06. The molecule has 2 heterocycles. The summed E-state index contributed by atoms with van der Waals surface area (Å²) in [6.07, 6.45) is -3.24. The molecule has 4 N–H and O–H groups in total. The van der Waals surface area contributed by atoms with Crippen LogP contribution in [0, 0.1) is 0 Å². The number of hydrogen-bond acceptors (Lipinski definition) is 7. The summed E-state index contributed by atoms with van der Waals surface area (Å²) in [6.45, 7) is 1.50. The van der Waals surface area contributed by atoms with Crippen molar-refractivity contribution < 1.29 is 27.5 Å². The number of carboxylic acids is 1. The fourth-order valence-electron chi connectivity index (χ4n) is 3.92. The molecule has 0 aliphatic heterocycles. The van der Waals surface area contributed by atoms with E-state index < -0.39 is 34.9 Å². The molecule has 0 aliphatic carbocycles. The summed E-state index contributed by atoms with van der Waals surface area (Å²) in [5, 5.41) is 12.0. The fraction of sp³-hybridized carbons (Fsp3) is 0.154. The van der Waals surface area contributed by atoms with Crippen LogP contribution in [0.25, 0.3) is 22.3 Å². The third-order valence-corrected chi connectivity index (χ3v) is 5.94. The summed E-state index contributed by atoms with van der Waals surface area (Å²) < 4.78 is 47.3. The maximum Gasteiger partial charge on any atom is 0.416 e. The Morgan fingerprint density at radius 1 is 1.21 bits per heavy atom. The lowest BCUT2D eigenvalue weighted by Gasteiger charge is -2.20. The second kappa shape index (κ2) is 10.2. The smallest absolute Gasteiger partial charge is 0.416 e. The monoisotopic (exact) mass is 544 g/mol. The standard InChI is InChI=1S/C26H20ClF3N4O4/c1-12(33-19-5-6-22(27)34-23(19)25(36)37)16-8-15(26(28,29)30)9-17-20(35)10-21(38-24(16)17)13-3-4-18(31)14(7-13)11-32-2/h3-12,33H,31H2,1-2H3,(H,36,37). The number of aromatic nitrogens is 1. The average molecular weight is 545 g/mol. The zero-order valence-electron chi connectivity index (χ0n) is 19.9. The summed E-state index contributed by atoms with van der Waals surface area (Å²) in [6, 6.07) is 9.26. The lowest BCUT2D eigenvalue weighted by atomic mass is 9.99. The number of alkyl halides is 3. The molecule has 0 amide bonds. The van der Waals surface area contributed by atoms with Gasteiger partial charge in [-0.05, 0) is 49.4 Å². The molecule has 0 spiro atoms. The highest BCUT2D eigenvalue weighted by molar-refractivity contribution is 6.29. The Balaban J connectivity index is 1.93. The summed E-state index contributed by atoms with van der Waals surface area (Å²) in [4.78, 5) is 32.4. The molecular weight excluding hydrogens is 525 g/mol. The summed E-state index contributed by atoms with van der Waals surface area (Å²) in [5.41, 5.74) is 5.13. The number of aliphatic imine (C=N–C) groups is 1. The molecule has 8 nitrogen and oxygen atoms in total. The van der Waals surface area contributed by atoms with E-state index in [0.29, 0.717) is 16.8 Å². The minimum atomic E-state index is -4.76. The van der Waals surface area contributed by atoms with Gasteiger partial charge in [0.2, 0.25) is 0 Å². The van der Waals surface area contributed by atoms with E-state index in [1.54, 1.807) is 25.2 Å². The molecule has 4 aromatic rings. The number of halogens is 4. The van der Waals surface area contributed by atoms with Crippen LogP contribution >= 0.6 is 11.6 Å². The minimum Gasteiger partial charge on any atom is -0.476 e. The van der Waals surface area contributed by atoms with E-state index in [0.717, 1.165) is 18.2 Å². The summed E-state index contributed by atoms with van der Waals surface area (Å²) in [7, 11) is 1.56. The number of nitrogens with two attached hydrogens (primary N) is 1. The SMILES string of the molecule is CN=Cc1cc(-c2cc(=O)c3cc(C(F)(F)F)cc(C(C)Nc4ccc(Cl)nc4C(=O)O)c3o2)ccc1N. The highest BCUT2D eigenvalue weighted by atomic mass is 35.5. The zero-order chi connectivity index (χ0) is 27.8. The van der Waals surface area contributed by atoms with Gasteiger partial charge in [0, 0.05) is 41.7 Å². The van der Waals surface area contributed by atoms with Crippen LogP contribution in [0.4, 0.5) is 24.5 Å². The van der Waals surface area contributed by atoms with Crippen molar-refractivity contribution in [3.05, 3.63) is 86.3 Å². The van der Waals surface area contributed by atoms with Crippen molar-refractivity contribution in [3.8, 4) is 11.3 Å². The first kappa shape index (κ1) is 26.7. The minimum absolute atomic E-state index is 0.0143. The predicted molar refractivity (Wildman–Crippen MR) is 139 cm³/mol. The molecule has 1 unspecified atom stereocenters. The number of carbonyl (C=O) groups is 1. The maximum atomic E-state index is 13.8. The number of benzene rings is 2. The van der Waals surface area contributed by atoms with Crippen LogP contribution in [0.15, 0.2) is 62.7 Å². The van der Waals surface area contributed by atoms with Crippen LogP contribution in [-0.2, 0) is 6.18 Å². The predicted octanol–water partition coefficient (Wildman–Crippen LogP) is 6.03. The molecule has 0 saturated heterocycles. The van der Waals surface area contributed by atoms with Crippen molar-refractivity contribution >= 4 is 46.1 Å². The lowest BCUT2D eigenvalue weighted by Crippen LogP contribution is -2.15. The number of pyridine rings is 1. The summed E-state index contributed by atoms with van der Waals surface area (Å²) in [5.74, 6) is -1.29. The van der Waals surface area contributed by atoms with Crippen molar-refractivity contribution in [2.45, 2.75) is 19.1 Å². The van der Waals surface area contributed by atoms with E-state index in [1.807, 2.05) is 0 Å². The molecule has 0 radical (unpaired) electrons. The van der Waals surface area contributed by atoms with E-state index >= 15 is 0 Å². The Bertz CT molecular complexity index is 1650. The van der Waals surface area contributed by atoms with Gasteiger partial charge >= 0.3 is 12.1 Å². The van der Waals surface area contributed by atoms with E-state index in [-0.39, 0.29) is 33.1 Å². The van der Waals surface area contributed by atoms with E-state index in [9.17, 15) is 27.9 Å². The number of anilines is 2. The Morgan fingerprint density at radius 3 is 2.61 bits per heavy atom. The molecule has 0 bridgehead atoms. The van der Waals surface area contributed by atoms with Crippen molar-refractivity contribution in [2.75, 3.05) is 18.1 Å². The van der Waals surface area contributed by atoms with Crippen LogP contribution in [0.1, 0.15) is 40.1 Å². The van der Waals surface area contributed by atoms with E-state index in [1.165, 1.54) is 25.3 Å². The van der Waals surface area contributed by atoms with Gasteiger partial charge in [-0.2, -0.15) is 13.2 Å². The van der Waals surface area contributed by atoms with Gasteiger partial charge in [-0.25, -0.2) is 9.78 Å². The normalized spacial score (nSPS) is 12.7. The third kappa shape index (κ3) is 5.32. The second-order valence-corrected chi connectivity index (χ2v) is 8.73. The van der Waals surface area contributed by atoms with Crippen molar-refractivity contribution in [1.29, 1.82) is 0 Å². The van der Waals surface area contributed by atoms with Crippen molar-refractivity contribution in [1.82, 2.24) is 4.98 Å². The number of carboxylic acid groups (broad SMARTS) is 1. The maximum absolute atomic E-state index is 13.8. The molecule has 0 fully saturated rings. The van der Waals surface area contributed by atoms with Crippen LogP contribution in [0.5, 0.6) is 0 Å². The van der Waals surface area contributed by atoms with Gasteiger partial charge < -0.3 is 20.6 Å². The number of nitrogens with one attached hydrogen (secondary N) is 1. The third-order valence-electron chi connectivity index (χ3n) is 5.73. The van der Waals surface area contributed by atoms with Gasteiger partial charge in [0.25, 0.3) is 0 Å². The van der Waals surface area contributed by atoms with Crippen LogP contribution < -0.4 is 16.5 Å². The van der Waals surface area contributed by atoms with Gasteiger partial charge in [0.15, 0.2) is 11.1 Å². The van der Waals surface area contributed by atoms with Gasteiger partial charge in [0.05, 0.1) is 22.7 Å². The van der Waals surface area contributed by atoms with Crippen LogP contribution in [0.2, 0.25) is 5.15 Å². The van der Waals surface area contributed by atoms with Gasteiger partial charge in [-0.1, -0.05) is 11.6 Å². The highest BCUT2D eigenvalue weighted by Gasteiger charge is 2.33. The molecular formula is C26H20ClF3N4O4. The molecule has 38 heavy (non-hydrogen) atoms. The summed E-state index contributed by atoms with van der Waals surface area (Å²) >= 11 is 5.80. The molecule has 0 saturated carbocycles. The molecule has 2 aromatic carbocycles. The molecule has 1 atom stereocenters. The number of nitrogen functional groups attached to an aromatic ring is 1. The average Bonchev–Trinajstić information content (AvgIpc) is 2.85. The van der Waals surface area contributed by atoms with Crippen LogP contribution in [0.3, 0.4) is 0 Å². The van der Waals surface area contributed by atoms with Gasteiger partial charge in [0.1, 0.15) is 16.5 Å². The molecule has 196 valence electrons. The molecule has 2 aromatic heterocycles. The quantitative estimate of drug-likeness (QED) is 0.153. The number of fused-ring (bicyclic) bond motifs is 1. The largest absolute Gasteiger partial charge is 0.476 e. The number of nitrogens with zero attached hydrogens (tertiary/aromatic N) is 2. The molecule has 0 aliphatic rings. The van der Waals surface area contributed by atoms with Crippen molar-refractivity contribution in [2.24, 2.45) is 4.99 Å². The first-order valence-corrected chi connectivity index (χ1v) is 11.4. The van der Waals surface area contributed by atoms with Crippen LogP contribution in [-0.4, -0.2) is 29.3 Å². The lowest BCUT2D eigenvalue weighted by molar-refractivity contribution is -0.137. The Hall–Kier alpha value is -4.38. The topological polar surface area (TPSA) is 131 Å². The highest BCUT2D eigenvalue weighted by Crippen LogP contribution is 2.37. The Morgan fingerprint density at radius 2 is 1.95 bits per heavy atom. The van der Waals surface area contributed by atoms with Crippen molar-refractivity contribution in [3.63, 3.8) is 0 Å². The number of aromatic carboxylic acids is 1. The van der Waals surface area contributed by atoms with Gasteiger partial charge in [-0.3, -0.25) is 9.79 Å². The van der Waals surface area contributed by atoms with Gasteiger partial charge in [-0.15, -0.1) is 0 Å². The zero-order valence-corrected chi connectivity index (χ0v) is 20.7. The first-order valence-electron chi connectivity index (χ1n) is 11.1.